The Hall–Kier alpha value is 0.210. The SMILES string of the molecule is CC[C@@H]1CN[C@@H](CC)CN1.Cl. The molecule has 1 aliphatic heterocycles. The Bertz CT molecular complexity index is 78.1. The van der Waals surface area contributed by atoms with Crippen molar-refractivity contribution in [3.63, 3.8) is 0 Å². The van der Waals surface area contributed by atoms with Gasteiger partial charge in [0.2, 0.25) is 0 Å². The minimum atomic E-state index is 0. The van der Waals surface area contributed by atoms with E-state index in [-0.39, 0.29) is 12.4 Å². The first-order valence-corrected chi connectivity index (χ1v) is 4.33. The zero-order valence-corrected chi connectivity index (χ0v) is 8.21. The van der Waals surface area contributed by atoms with Gasteiger partial charge in [-0.2, -0.15) is 0 Å². The maximum atomic E-state index is 3.51. The van der Waals surface area contributed by atoms with Crippen molar-refractivity contribution in [1.82, 2.24) is 10.6 Å². The van der Waals surface area contributed by atoms with Crippen LogP contribution in [0.3, 0.4) is 0 Å². The quantitative estimate of drug-likeness (QED) is 0.663. The minimum absolute atomic E-state index is 0. The van der Waals surface area contributed by atoms with Gasteiger partial charge in [-0.1, -0.05) is 13.8 Å². The molecule has 1 saturated heterocycles. The van der Waals surface area contributed by atoms with E-state index >= 15 is 0 Å². The molecule has 0 bridgehead atoms. The van der Waals surface area contributed by atoms with Crippen molar-refractivity contribution >= 4 is 12.4 Å². The first-order chi connectivity index (χ1) is 4.86. The summed E-state index contributed by atoms with van der Waals surface area (Å²) < 4.78 is 0. The Morgan fingerprint density at radius 2 is 1.36 bits per heavy atom. The summed E-state index contributed by atoms with van der Waals surface area (Å²) in [6.45, 7) is 6.75. The second-order valence-electron chi connectivity index (χ2n) is 3.03. The fourth-order valence-electron chi connectivity index (χ4n) is 1.34. The highest BCUT2D eigenvalue weighted by Crippen LogP contribution is 1.99. The lowest BCUT2D eigenvalue weighted by Gasteiger charge is -2.29. The summed E-state index contributed by atoms with van der Waals surface area (Å²) >= 11 is 0. The van der Waals surface area contributed by atoms with Crippen molar-refractivity contribution < 1.29 is 0 Å². The maximum absolute atomic E-state index is 3.51. The van der Waals surface area contributed by atoms with Crippen LogP contribution in [0.25, 0.3) is 0 Å². The Kier molecular flexibility index (Phi) is 5.92. The molecule has 0 amide bonds. The first-order valence-electron chi connectivity index (χ1n) is 4.33. The van der Waals surface area contributed by atoms with Crippen molar-refractivity contribution in [2.75, 3.05) is 13.1 Å². The number of piperazine rings is 1. The van der Waals surface area contributed by atoms with Crippen LogP contribution in [-0.4, -0.2) is 25.2 Å². The van der Waals surface area contributed by atoms with Gasteiger partial charge in [-0.05, 0) is 12.8 Å². The molecule has 2 atom stereocenters. The first kappa shape index (κ1) is 11.2. The zero-order chi connectivity index (χ0) is 7.40. The predicted octanol–water partition coefficient (Wildman–Crippen LogP) is 1.16. The highest BCUT2D eigenvalue weighted by Gasteiger charge is 2.15. The van der Waals surface area contributed by atoms with Gasteiger partial charge in [0.15, 0.2) is 0 Å². The van der Waals surface area contributed by atoms with Crippen molar-refractivity contribution in [3.05, 3.63) is 0 Å². The van der Waals surface area contributed by atoms with E-state index in [9.17, 15) is 0 Å². The number of hydrogen-bond acceptors (Lipinski definition) is 2. The second-order valence-corrected chi connectivity index (χ2v) is 3.03. The van der Waals surface area contributed by atoms with Gasteiger partial charge in [0, 0.05) is 25.2 Å². The van der Waals surface area contributed by atoms with Gasteiger partial charge >= 0.3 is 0 Å². The molecular weight excluding hydrogens is 160 g/mol. The van der Waals surface area contributed by atoms with Crippen molar-refractivity contribution in [2.24, 2.45) is 0 Å². The smallest absolute Gasteiger partial charge is 0.0190 e. The minimum Gasteiger partial charge on any atom is -0.311 e. The van der Waals surface area contributed by atoms with Crippen LogP contribution in [0.5, 0.6) is 0 Å². The maximum Gasteiger partial charge on any atom is 0.0190 e. The highest BCUT2D eigenvalue weighted by atomic mass is 35.5. The Morgan fingerprint density at radius 1 is 1.00 bits per heavy atom. The van der Waals surface area contributed by atoms with Gasteiger partial charge in [-0.3, -0.25) is 0 Å². The Labute approximate surface area is 75.5 Å². The van der Waals surface area contributed by atoms with E-state index in [0.717, 1.165) is 13.1 Å². The average molecular weight is 179 g/mol. The third-order valence-electron chi connectivity index (χ3n) is 2.29. The Morgan fingerprint density at radius 3 is 1.55 bits per heavy atom. The standard InChI is InChI=1S/C8H18N2.ClH/c1-3-7-5-10-8(4-2)6-9-7;/h7-10H,3-6H2,1-2H3;1H/t7-,8+;. The summed E-state index contributed by atoms with van der Waals surface area (Å²) in [5.74, 6) is 0. The zero-order valence-electron chi connectivity index (χ0n) is 7.39. The highest BCUT2D eigenvalue weighted by molar-refractivity contribution is 5.85. The molecule has 1 rings (SSSR count). The molecule has 0 aromatic carbocycles. The molecule has 0 aliphatic carbocycles. The molecule has 2 nitrogen and oxygen atoms in total. The second kappa shape index (κ2) is 5.81. The molecule has 3 heteroatoms. The summed E-state index contributed by atoms with van der Waals surface area (Å²) in [4.78, 5) is 0. The number of nitrogens with one attached hydrogen (secondary N) is 2. The van der Waals surface area contributed by atoms with Crippen LogP contribution in [0.4, 0.5) is 0 Å². The van der Waals surface area contributed by atoms with Crippen LogP contribution in [0.15, 0.2) is 0 Å². The molecular formula is C8H19ClN2. The third kappa shape index (κ3) is 3.41. The van der Waals surface area contributed by atoms with Gasteiger partial charge in [-0.25, -0.2) is 0 Å². The lowest BCUT2D eigenvalue weighted by Crippen LogP contribution is -2.53. The van der Waals surface area contributed by atoms with Gasteiger partial charge in [0.1, 0.15) is 0 Å². The molecule has 68 valence electrons. The van der Waals surface area contributed by atoms with Crippen LogP contribution in [-0.2, 0) is 0 Å². The summed E-state index contributed by atoms with van der Waals surface area (Å²) in [5, 5.41) is 7.01. The monoisotopic (exact) mass is 178 g/mol. The van der Waals surface area contributed by atoms with Gasteiger partial charge in [-0.15, -0.1) is 12.4 Å². The fourth-order valence-corrected chi connectivity index (χ4v) is 1.34. The van der Waals surface area contributed by atoms with Gasteiger partial charge in [0.25, 0.3) is 0 Å². The lowest BCUT2D eigenvalue weighted by atomic mass is 10.1. The van der Waals surface area contributed by atoms with Crippen LogP contribution in [0.2, 0.25) is 0 Å². The largest absolute Gasteiger partial charge is 0.311 e. The predicted molar refractivity (Wildman–Crippen MR) is 51.4 cm³/mol. The molecule has 0 unspecified atom stereocenters. The molecule has 2 N–H and O–H groups in total. The molecule has 11 heavy (non-hydrogen) atoms. The molecule has 0 aromatic heterocycles. The molecule has 1 aliphatic rings. The molecule has 1 heterocycles. The summed E-state index contributed by atoms with van der Waals surface area (Å²) in [6.07, 6.45) is 2.48. The number of rotatable bonds is 2. The van der Waals surface area contributed by atoms with Crippen molar-refractivity contribution in [3.8, 4) is 0 Å². The molecule has 0 aromatic rings. The third-order valence-corrected chi connectivity index (χ3v) is 2.29. The number of hydrogen-bond donors (Lipinski definition) is 2. The fraction of sp³-hybridized carbons (Fsp3) is 1.00. The van der Waals surface area contributed by atoms with E-state index in [1.54, 1.807) is 0 Å². The van der Waals surface area contributed by atoms with Gasteiger partial charge in [0.05, 0.1) is 0 Å². The van der Waals surface area contributed by atoms with Crippen molar-refractivity contribution in [1.29, 1.82) is 0 Å². The van der Waals surface area contributed by atoms with Gasteiger partial charge < -0.3 is 10.6 Å². The van der Waals surface area contributed by atoms with Crippen LogP contribution in [0.1, 0.15) is 26.7 Å². The molecule has 0 radical (unpaired) electrons. The van der Waals surface area contributed by atoms with E-state index in [2.05, 4.69) is 24.5 Å². The van der Waals surface area contributed by atoms with Crippen molar-refractivity contribution in [2.45, 2.75) is 38.8 Å². The van der Waals surface area contributed by atoms with Crippen LogP contribution >= 0.6 is 12.4 Å². The summed E-state index contributed by atoms with van der Waals surface area (Å²) in [5.41, 5.74) is 0. The van der Waals surface area contributed by atoms with Crippen LogP contribution < -0.4 is 10.6 Å². The molecule has 1 fully saturated rings. The van der Waals surface area contributed by atoms with Crippen LogP contribution in [0, 0.1) is 0 Å². The summed E-state index contributed by atoms with van der Waals surface area (Å²) in [7, 11) is 0. The summed E-state index contributed by atoms with van der Waals surface area (Å²) in [6, 6.07) is 1.42. The van der Waals surface area contributed by atoms with E-state index in [0.29, 0.717) is 12.1 Å². The molecule has 0 spiro atoms. The molecule has 0 saturated carbocycles. The number of halogens is 1. The Balaban J connectivity index is 0.000001000. The van der Waals surface area contributed by atoms with E-state index in [4.69, 9.17) is 0 Å². The lowest BCUT2D eigenvalue weighted by molar-refractivity contribution is 0.334. The topological polar surface area (TPSA) is 24.1 Å². The van der Waals surface area contributed by atoms with E-state index in [1.165, 1.54) is 12.8 Å². The normalized spacial score (nSPS) is 31.1. The van der Waals surface area contributed by atoms with E-state index in [1.807, 2.05) is 0 Å². The van der Waals surface area contributed by atoms with E-state index < -0.39 is 0 Å². The average Bonchev–Trinajstić information content (AvgIpc) is 2.05.